The van der Waals surface area contributed by atoms with Crippen LogP contribution in [0.2, 0.25) is 0 Å². The third-order valence-electron chi connectivity index (χ3n) is 5.48. The summed E-state index contributed by atoms with van der Waals surface area (Å²) in [5.74, 6) is 2.43. The van der Waals surface area contributed by atoms with Crippen LogP contribution in [0, 0.1) is 11.3 Å². The van der Waals surface area contributed by atoms with E-state index in [4.69, 9.17) is 4.74 Å². The fraction of sp³-hybridized carbons (Fsp3) is 0.750. The Balaban J connectivity index is 1.54. The van der Waals surface area contributed by atoms with Crippen LogP contribution < -0.4 is 9.80 Å². The van der Waals surface area contributed by atoms with Crippen LogP contribution in [0.15, 0.2) is 12.4 Å². The zero-order valence-electron chi connectivity index (χ0n) is 12.9. The number of anilines is 2. The number of aliphatic hydroxyl groups is 1. The number of aromatic nitrogens is 2. The molecular weight excluding hydrogens is 280 g/mol. The molecule has 0 radical (unpaired) electrons. The first-order chi connectivity index (χ1) is 10.8. The van der Waals surface area contributed by atoms with Crippen molar-refractivity contribution in [1.82, 2.24) is 9.97 Å². The summed E-state index contributed by atoms with van der Waals surface area (Å²) in [7, 11) is 0. The summed E-state index contributed by atoms with van der Waals surface area (Å²) in [4.78, 5) is 13.6. The number of aliphatic hydroxyl groups excluding tert-OH is 1. The molecule has 0 spiro atoms. The van der Waals surface area contributed by atoms with Gasteiger partial charge in [-0.1, -0.05) is 0 Å². The Kier molecular flexibility index (Phi) is 3.66. The molecule has 3 aliphatic heterocycles. The highest BCUT2D eigenvalue weighted by Crippen LogP contribution is 2.42. The summed E-state index contributed by atoms with van der Waals surface area (Å²) in [6.07, 6.45) is 5.49. The second-order valence-corrected chi connectivity index (χ2v) is 6.90. The molecule has 2 atom stereocenters. The van der Waals surface area contributed by atoms with Crippen molar-refractivity contribution in [3.05, 3.63) is 12.4 Å². The zero-order valence-corrected chi connectivity index (χ0v) is 12.9. The molecule has 4 heterocycles. The fourth-order valence-corrected chi connectivity index (χ4v) is 4.04. The lowest BCUT2D eigenvalue weighted by Crippen LogP contribution is -2.34. The number of fused-ring (bicyclic) bond motifs is 1. The molecule has 0 unspecified atom stereocenters. The van der Waals surface area contributed by atoms with E-state index in [-0.39, 0.29) is 12.0 Å². The van der Waals surface area contributed by atoms with E-state index < -0.39 is 0 Å². The zero-order chi connectivity index (χ0) is 15.0. The standard InChI is InChI=1S/C16H24N4O2/c21-10-16-9-20(7-13(16)8-22-11-16)15-6-14(17-12-18-15)19-4-2-1-3-5-19/h6,12-13,21H,1-5,7-11H2/t13-,16-/m0/s1. The van der Waals surface area contributed by atoms with Gasteiger partial charge in [0, 0.05) is 43.6 Å². The average Bonchev–Trinajstić information content (AvgIpc) is 3.13. The Morgan fingerprint density at radius 3 is 2.68 bits per heavy atom. The van der Waals surface area contributed by atoms with Crippen molar-refractivity contribution < 1.29 is 9.84 Å². The Hall–Kier alpha value is -1.40. The number of ether oxygens (including phenoxy) is 1. The second kappa shape index (κ2) is 5.66. The molecule has 3 saturated heterocycles. The van der Waals surface area contributed by atoms with Crippen molar-refractivity contribution in [1.29, 1.82) is 0 Å². The minimum atomic E-state index is -0.101. The summed E-state index contributed by atoms with van der Waals surface area (Å²) in [6.45, 7) is 5.52. The maximum Gasteiger partial charge on any atom is 0.134 e. The van der Waals surface area contributed by atoms with E-state index in [1.807, 2.05) is 0 Å². The predicted molar refractivity (Wildman–Crippen MR) is 84.1 cm³/mol. The average molecular weight is 304 g/mol. The highest BCUT2D eigenvalue weighted by atomic mass is 16.5. The van der Waals surface area contributed by atoms with Gasteiger partial charge in [0.15, 0.2) is 0 Å². The van der Waals surface area contributed by atoms with Crippen molar-refractivity contribution in [2.75, 3.05) is 55.8 Å². The van der Waals surface area contributed by atoms with Gasteiger partial charge < -0.3 is 19.6 Å². The van der Waals surface area contributed by atoms with Crippen LogP contribution in [0.1, 0.15) is 19.3 Å². The summed E-state index contributed by atoms with van der Waals surface area (Å²) in [6, 6.07) is 2.11. The third-order valence-corrected chi connectivity index (χ3v) is 5.48. The van der Waals surface area contributed by atoms with Gasteiger partial charge in [0.05, 0.1) is 19.8 Å². The molecule has 22 heavy (non-hydrogen) atoms. The van der Waals surface area contributed by atoms with Crippen molar-refractivity contribution >= 4 is 11.6 Å². The summed E-state index contributed by atoms with van der Waals surface area (Å²) in [5, 5.41) is 9.80. The van der Waals surface area contributed by atoms with E-state index in [0.29, 0.717) is 12.5 Å². The monoisotopic (exact) mass is 304 g/mol. The molecule has 0 amide bonds. The molecule has 6 nitrogen and oxygen atoms in total. The lowest BCUT2D eigenvalue weighted by Gasteiger charge is -2.29. The summed E-state index contributed by atoms with van der Waals surface area (Å²) < 4.78 is 5.58. The second-order valence-electron chi connectivity index (χ2n) is 6.90. The van der Waals surface area contributed by atoms with Crippen molar-refractivity contribution in [3.8, 4) is 0 Å². The van der Waals surface area contributed by atoms with Gasteiger partial charge in [0.25, 0.3) is 0 Å². The van der Waals surface area contributed by atoms with E-state index in [2.05, 4.69) is 25.8 Å². The number of piperidine rings is 1. The SMILES string of the molecule is OC[C@@]12COC[C@@H]1CN(c1cc(N3CCCCC3)ncn1)C2. The topological polar surface area (TPSA) is 61.7 Å². The molecule has 0 saturated carbocycles. The lowest BCUT2D eigenvalue weighted by atomic mass is 9.82. The molecule has 4 rings (SSSR count). The van der Waals surface area contributed by atoms with Crippen LogP contribution in [0.4, 0.5) is 11.6 Å². The van der Waals surface area contributed by atoms with E-state index in [9.17, 15) is 5.11 Å². The highest BCUT2D eigenvalue weighted by molar-refractivity contribution is 5.51. The smallest absolute Gasteiger partial charge is 0.134 e. The molecule has 1 aromatic rings. The van der Waals surface area contributed by atoms with Crippen LogP contribution in [-0.2, 0) is 4.74 Å². The van der Waals surface area contributed by atoms with E-state index in [0.717, 1.165) is 44.4 Å². The lowest BCUT2D eigenvalue weighted by molar-refractivity contribution is 0.0989. The van der Waals surface area contributed by atoms with Crippen molar-refractivity contribution in [2.45, 2.75) is 19.3 Å². The van der Waals surface area contributed by atoms with Crippen molar-refractivity contribution in [3.63, 3.8) is 0 Å². The maximum absolute atomic E-state index is 9.80. The molecule has 0 aromatic carbocycles. The third kappa shape index (κ3) is 2.34. The minimum Gasteiger partial charge on any atom is -0.396 e. The van der Waals surface area contributed by atoms with E-state index >= 15 is 0 Å². The van der Waals surface area contributed by atoms with Crippen LogP contribution in [0.25, 0.3) is 0 Å². The molecule has 0 bridgehead atoms. The number of rotatable bonds is 3. The number of hydrogen-bond acceptors (Lipinski definition) is 6. The van der Waals surface area contributed by atoms with Gasteiger partial charge in [0.2, 0.25) is 0 Å². The van der Waals surface area contributed by atoms with Gasteiger partial charge in [-0.2, -0.15) is 0 Å². The van der Waals surface area contributed by atoms with Gasteiger partial charge in [-0.3, -0.25) is 0 Å². The highest BCUT2D eigenvalue weighted by Gasteiger charge is 2.50. The molecule has 1 aromatic heterocycles. The van der Waals surface area contributed by atoms with Gasteiger partial charge in [-0.15, -0.1) is 0 Å². The minimum absolute atomic E-state index is 0.101. The molecule has 120 valence electrons. The van der Waals surface area contributed by atoms with Crippen LogP contribution >= 0.6 is 0 Å². The first kappa shape index (κ1) is 14.2. The summed E-state index contributed by atoms with van der Waals surface area (Å²) >= 11 is 0. The van der Waals surface area contributed by atoms with E-state index in [1.54, 1.807) is 6.33 Å². The molecule has 6 heteroatoms. The molecule has 3 aliphatic rings. The first-order valence-corrected chi connectivity index (χ1v) is 8.31. The Morgan fingerprint density at radius 1 is 1.18 bits per heavy atom. The van der Waals surface area contributed by atoms with Crippen LogP contribution in [0.3, 0.4) is 0 Å². The van der Waals surface area contributed by atoms with Gasteiger partial charge >= 0.3 is 0 Å². The Bertz CT molecular complexity index is 535. The van der Waals surface area contributed by atoms with Gasteiger partial charge in [-0.05, 0) is 19.3 Å². The number of hydrogen-bond donors (Lipinski definition) is 1. The first-order valence-electron chi connectivity index (χ1n) is 8.31. The van der Waals surface area contributed by atoms with Gasteiger partial charge in [-0.25, -0.2) is 9.97 Å². The quantitative estimate of drug-likeness (QED) is 0.896. The van der Waals surface area contributed by atoms with Crippen LogP contribution in [0.5, 0.6) is 0 Å². The molecular formula is C16H24N4O2. The van der Waals surface area contributed by atoms with Crippen LogP contribution in [-0.4, -0.2) is 61.1 Å². The molecule has 3 fully saturated rings. The molecule has 1 N–H and O–H groups in total. The van der Waals surface area contributed by atoms with E-state index in [1.165, 1.54) is 19.3 Å². The number of nitrogens with zero attached hydrogens (tertiary/aromatic N) is 4. The maximum atomic E-state index is 9.80. The molecule has 0 aliphatic carbocycles. The normalized spacial score (nSPS) is 31.6. The Labute approximate surface area is 131 Å². The fourth-order valence-electron chi connectivity index (χ4n) is 4.04. The Morgan fingerprint density at radius 2 is 1.95 bits per heavy atom. The largest absolute Gasteiger partial charge is 0.396 e. The van der Waals surface area contributed by atoms with Crippen molar-refractivity contribution in [2.24, 2.45) is 11.3 Å². The predicted octanol–water partition coefficient (Wildman–Crippen LogP) is 0.912. The van der Waals surface area contributed by atoms with Gasteiger partial charge in [0.1, 0.15) is 18.0 Å². The summed E-state index contributed by atoms with van der Waals surface area (Å²) in [5.41, 5.74) is -0.101.